The SMILES string of the molecule is CCNC(=O)CC[C@H](N)C(=O)O.NCC(=O)O. The molecule has 0 aliphatic rings. The summed E-state index contributed by atoms with van der Waals surface area (Å²) in [6.07, 6.45) is 0.350. The van der Waals surface area contributed by atoms with Crippen LogP contribution in [0.4, 0.5) is 0 Å². The summed E-state index contributed by atoms with van der Waals surface area (Å²) in [5.74, 6) is -2.20. The number of rotatable bonds is 6. The number of hydrogen-bond acceptors (Lipinski definition) is 5. The fraction of sp³-hybridized carbons (Fsp3) is 0.667. The molecule has 8 heteroatoms. The van der Waals surface area contributed by atoms with Crippen molar-refractivity contribution >= 4 is 17.8 Å². The molecule has 0 radical (unpaired) electrons. The minimum atomic E-state index is -1.07. The van der Waals surface area contributed by atoms with Crippen LogP contribution in [0.15, 0.2) is 0 Å². The van der Waals surface area contributed by atoms with Gasteiger partial charge in [-0.25, -0.2) is 0 Å². The van der Waals surface area contributed by atoms with E-state index in [9.17, 15) is 14.4 Å². The van der Waals surface area contributed by atoms with Crippen LogP contribution in [0.5, 0.6) is 0 Å². The fourth-order valence-electron chi connectivity index (χ4n) is 0.696. The van der Waals surface area contributed by atoms with Gasteiger partial charge in [0.15, 0.2) is 0 Å². The average molecular weight is 249 g/mol. The van der Waals surface area contributed by atoms with Gasteiger partial charge in [-0.2, -0.15) is 0 Å². The minimum Gasteiger partial charge on any atom is -0.480 e. The van der Waals surface area contributed by atoms with E-state index in [0.717, 1.165) is 0 Å². The molecule has 17 heavy (non-hydrogen) atoms. The van der Waals surface area contributed by atoms with Crippen LogP contribution in [0.25, 0.3) is 0 Å². The van der Waals surface area contributed by atoms with Crippen molar-refractivity contribution < 1.29 is 24.6 Å². The largest absolute Gasteiger partial charge is 0.480 e. The Kier molecular flexibility index (Phi) is 11.3. The summed E-state index contributed by atoms with van der Waals surface area (Å²) in [5, 5.41) is 18.5. The topological polar surface area (TPSA) is 156 Å². The summed E-state index contributed by atoms with van der Waals surface area (Å²) in [6, 6.07) is -0.937. The van der Waals surface area contributed by atoms with Crippen LogP contribution < -0.4 is 16.8 Å². The van der Waals surface area contributed by atoms with Crippen LogP contribution in [0, 0.1) is 0 Å². The lowest BCUT2D eigenvalue weighted by molar-refractivity contribution is -0.139. The third-order valence-electron chi connectivity index (χ3n) is 1.55. The molecule has 0 saturated carbocycles. The van der Waals surface area contributed by atoms with E-state index in [1.54, 1.807) is 6.92 Å². The molecule has 0 fully saturated rings. The van der Waals surface area contributed by atoms with Gasteiger partial charge in [-0.1, -0.05) is 0 Å². The number of aliphatic carboxylic acids is 2. The van der Waals surface area contributed by atoms with Gasteiger partial charge >= 0.3 is 11.9 Å². The molecule has 0 heterocycles. The first-order valence-corrected chi connectivity index (χ1v) is 5.02. The van der Waals surface area contributed by atoms with E-state index < -0.39 is 18.0 Å². The summed E-state index contributed by atoms with van der Waals surface area (Å²) in [5.41, 5.74) is 9.75. The number of carbonyl (C=O) groups excluding carboxylic acids is 1. The first-order valence-electron chi connectivity index (χ1n) is 5.02. The van der Waals surface area contributed by atoms with E-state index in [4.69, 9.17) is 15.9 Å². The van der Waals surface area contributed by atoms with Crippen LogP contribution >= 0.6 is 0 Å². The van der Waals surface area contributed by atoms with E-state index in [1.165, 1.54) is 0 Å². The fourth-order valence-corrected chi connectivity index (χ4v) is 0.696. The zero-order valence-electron chi connectivity index (χ0n) is 9.68. The van der Waals surface area contributed by atoms with Crippen LogP contribution in [0.3, 0.4) is 0 Å². The van der Waals surface area contributed by atoms with Gasteiger partial charge in [0.2, 0.25) is 5.91 Å². The maximum absolute atomic E-state index is 10.8. The maximum Gasteiger partial charge on any atom is 0.320 e. The number of hydrogen-bond donors (Lipinski definition) is 5. The first kappa shape index (κ1) is 17.7. The summed E-state index contributed by atoms with van der Waals surface area (Å²) < 4.78 is 0. The van der Waals surface area contributed by atoms with E-state index in [-0.39, 0.29) is 25.3 Å². The predicted octanol–water partition coefficient (Wildman–Crippen LogP) is -1.66. The number of carboxylic acid groups (broad SMARTS) is 2. The monoisotopic (exact) mass is 249 g/mol. The molecule has 0 spiro atoms. The smallest absolute Gasteiger partial charge is 0.320 e. The maximum atomic E-state index is 10.8. The van der Waals surface area contributed by atoms with E-state index in [1.807, 2.05) is 0 Å². The molecule has 0 bridgehead atoms. The Morgan fingerprint density at radius 2 is 1.76 bits per heavy atom. The summed E-state index contributed by atoms with van der Waals surface area (Å²) in [4.78, 5) is 30.3. The summed E-state index contributed by atoms with van der Waals surface area (Å²) in [7, 11) is 0. The van der Waals surface area contributed by atoms with Gasteiger partial charge in [0, 0.05) is 13.0 Å². The number of carbonyl (C=O) groups is 3. The number of amides is 1. The second-order valence-corrected chi connectivity index (χ2v) is 3.03. The van der Waals surface area contributed by atoms with E-state index in [0.29, 0.717) is 6.54 Å². The third kappa shape index (κ3) is 14.3. The average Bonchev–Trinajstić information content (AvgIpc) is 2.26. The quantitative estimate of drug-likeness (QED) is 0.377. The Bertz CT molecular complexity index is 257. The lowest BCUT2D eigenvalue weighted by Gasteiger charge is -2.05. The van der Waals surface area contributed by atoms with Crippen molar-refractivity contribution in [3.63, 3.8) is 0 Å². The lowest BCUT2D eigenvalue weighted by atomic mass is 10.1. The zero-order valence-corrected chi connectivity index (χ0v) is 9.68. The Balaban J connectivity index is 0. The second kappa shape index (κ2) is 10.8. The number of nitrogens with two attached hydrogens (primary N) is 2. The van der Waals surface area contributed by atoms with E-state index in [2.05, 4.69) is 11.1 Å². The molecule has 1 atom stereocenters. The normalized spacial score (nSPS) is 10.8. The Morgan fingerprint density at radius 1 is 1.29 bits per heavy atom. The van der Waals surface area contributed by atoms with Crippen molar-refractivity contribution in [1.29, 1.82) is 0 Å². The summed E-state index contributed by atoms with van der Waals surface area (Å²) in [6.45, 7) is 2.08. The predicted molar refractivity (Wildman–Crippen MR) is 60.2 cm³/mol. The molecule has 1 amide bonds. The van der Waals surface area contributed by atoms with E-state index >= 15 is 0 Å². The minimum absolute atomic E-state index is 0.158. The van der Waals surface area contributed by atoms with Crippen molar-refractivity contribution in [3.8, 4) is 0 Å². The van der Waals surface area contributed by atoms with Gasteiger partial charge in [-0.3, -0.25) is 14.4 Å². The Morgan fingerprint density at radius 3 is 2.06 bits per heavy atom. The highest BCUT2D eigenvalue weighted by molar-refractivity contribution is 5.78. The van der Waals surface area contributed by atoms with Gasteiger partial charge in [0.1, 0.15) is 6.04 Å². The Hall–Kier alpha value is -1.67. The van der Waals surface area contributed by atoms with Gasteiger partial charge < -0.3 is 27.0 Å². The highest BCUT2D eigenvalue weighted by Gasteiger charge is 2.12. The molecule has 100 valence electrons. The molecular weight excluding hydrogens is 230 g/mol. The van der Waals surface area contributed by atoms with Crippen molar-refractivity contribution in [3.05, 3.63) is 0 Å². The Labute approximate surface area is 99.0 Å². The molecule has 0 saturated heterocycles. The van der Waals surface area contributed by atoms with Crippen LogP contribution in [0.2, 0.25) is 0 Å². The zero-order chi connectivity index (χ0) is 13.8. The van der Waals surface area contributed by atoms with Crippen molar-refractivity contribution in [2.45, 2.75) is 25.8 Å². The molecule has 0 aromatic carbocycles. The molecule has 0 aromatic rings. The molecule has 0 unspecified atom stereocenters. The summed E-state index contributed by atoms with van der Waals surface area (Å²) >= 11 is 0. The van der Waals surface area contributed by atoms with Crippen LogP contribution in [-0.4, -0.2) is 47.2 Å². The molecular formula is C9H19N3O5. The van der Waals surface area contributed by atoms with Gasteiger partial charge in [0.25, 0.3) is 0 Å². The van der Waals surface area contributed by atoms with Gasteiger partial charge in [-0.15, -0.1) is 0 Å². The van der Waals surface area contributed by atoms with Crippen LogP contribution in [-0.2, 0) is 14.4 Å². The van der Waals surface area contributed by atoms with Crippen molar-refractivity contribution in [2.24, 2.45) is 11.5 Å². The van der Waals surface area contributed by atoms with Crippen LogP contribution in [0.1, 0.15) is 19.8 Å². The first-order chi connectivity index (χ1) is 7.84. The number of nitrogens with one attached hydrogen (secondary N) is 1. The number of carboxylic acids is 2. The molecule has 0 aliphatic carbocycles. The second-order valence-electron chi connectivity index (χ2n) is 3.03. The highest BCUT2D eigenvalue weighted by atomic mass is 16.4. The van der Waals surface area contributed by atoms with Gasteiger partial charge in [-0.05, 0) is 13.3 Å². The van der Waals surface area contributed by atoms with Crippen molar-refractivity contribution in [2.75, 3.05) is 13.1 Å². The molecule has 0 rings (SSSR count). The highest BCUT2D eigenvalue weighted by Crippen LogP contribution is 1.93. The van der Waals surface area contributed by atoms with Gasteiger partial charge in [0.05, 0.1) is 6.54 Å². The third-order valence-corrected chi connectivity index (χ3v) is 1.55. The molecule has 0 aromatic heterocycles. The lowest BCUT2D eigenvalue weighted by Crippen LogP contribution is -2.32. The van der Waals surface area contributed by atoms with Crippen molar-refractivity contribution in [1.82, 2.24) is 5.32 Å². The standard InChI is InChI=1S/C7H14N2O3.C2H5NO2/c1-2-9-6(10)4-3-5(8)7(11)12;3-1-2(4)5/h5H,2-4,8H2,1H3,(H,9,10)(H,11,12);1,3H2,(H,4,5)/t5-;/m0./s1. The molecule has 0 aliphatic heterocycles. The molecule has 7 N–H and O–H groups in total. The molecule has 8 nitrogen and oxygen atoms in total.